The van der Waals surface area contributed by atoms with Crippen LogP contribution in [0.3, 0.4) is 0 Å². The summed E-state index contributed by atoms with van der Waals surface area (Å²) in [5.74, 6) is -1.25. The molecule has 0 heterocycles. The highest BCUT2D eigenvalue weighted by Crippen LogP contribution is 2.17. The minimum Gasteiger partial charge on any atom is -0.508 e. The second-order valence-electron chi connectivity index (χ2n) is 3.60. The molecule has 1 aromatic rings. The summed E-state index contributed by atoms with van der Waals surface area (Å²) in [6.07, 6.45) is 0. The van der Waals surface area contributed by atoms with Crippen molar-refractivity contribution in [2.75, 3.05) is 18.6 Å². The second-order valence-corrected chi connectivity index (χ2v) is 3.60. The molecule has 18 heavy (non-hydrogen) atoms. The molecule has 7 heteroatoms. The van der Waals surface area contributed by atoms with Crippen LogP contribution in [0.1, 0.15) is 0 Å². The number of aliphatic hydroxyl groups excluding tert-OH is 1. The Morgan fingerprint density at radius 1 is 1.33 bits per heavy atom. The van der Waals surface area contributed by atoms with Crippen molar-refractivity contribution in [2.45, 2.75) is 6.04 Å². The van der Waals surface area contributed by atoms with E-state index in [1.54, 1.807) is 0 Å². The molecular formula is C11H14N2O5. The molecule has 1 rings (SSSR count). The number of anilines is 1. The van der Waals surface area contributed by atoms with Crippen molar-refractivity contribution in [2.24, 2.45) is 0 Å². The van der Waals surface area contributed by atoms with Crippen LogP contribution in [0.15, 0.2) is 24.3 Å². The number of amides is 2. The van der Waals surface area contributed by atoms with Gasteiger partial charge in [-0.1, -0.05) is 0 Å². The minimum atomic E-state index is -1.35. The third kappa shape index (κ3) is 3.36. The molecule has 0 aliphatic heterocycles. The fraction of sp³-hybridized carbons (Fsp3) is 0.273. The molecule has 0 aromatic heterocycles. The van der Waals surface area contributed by atoms with Gasteiger partial charge in [0.1, 0.15) is 5.75 Å². The van der Waals surface area contributed by atoms with Gasteiger partial charge in [0.25, 0.3) is 0 Å². The number of hydrogen-bond donors (Lipinski definition) is 4. The molecule has 1 unspecified atom stereocenters. The number of aliphatic hydroxyl groups is 1. The Bertz CT molecular complexity index is 432. The van der Waals surface area contributed by atoms with E-state index in [9.17, 15) is 9.59 Å². The third-order valence-electron chi connectivity index (χ3n) is 2.32. The molecule has 0 aliphatic carbocycles. The Hall–Kier alpha value is -2.28. The van der Waals surface area contributed by atoms with E-state index in [0.717, 1.165) is 0 Å². The fourth-order valence-electron chi connectivity index (χ4n) is 1.22. The standard InChI is InChI=1S/C11H14N2O5/c1-13(7-2-4-8(15)5-3-7)11(18)12-9(6-14)10(16)17/h2-5,9,14-15H,6H2,1H3,(H,12,18)(H,16,17). The van der Waals surface area contributed by atoms with Gasteiger partial charge in [0, 0.05) is 12.7 Å². The Morgan fingerprint density at radius 3 is 2.33 bits per heavy atom. The van der Waals surface area contributed by atoms with Crippen molar-refractivity contribution in [3.8, 4) is 5.75 Å². The lowest BCUT2D eigenvalue weighted by atomic mass is 10.3. The highest BCUT2D eigenvalue weighted by atomic mass is 16.4. The summed E-state index contributed by atoms with van der Waals surface area (Å²) in [5.41, 5.74) is 0.479. The molecule has 7 nitrogen and oxygen atoms in total. The number of phenols is 1. The number of nitrogens with one attached hydrogen (secondary N) is 1. The first-order chi connectivity index (χ1) is 8.45. The first-order valence-corrected chi connectivity index (χ1v) is 5.12. The number of nitrogens with zero attached hydrogens (tertiary/aromatic N) is 1. The number of carboxylic acid groups (broad SMARTS) is 1. The van der Waals surface area contributed by atoms with Crippen molar-refractivity contribution in [3.63, 3.8) is 0 Å². The van der Waals surface area contributed by atoms with Crippen LogP contribution in [0, 0.1) is 0 Å². The average Bonchev–Trinajstić information content (AvgIpc) is 2.35. The number of carbonyl (C=O) groups excluding carboxylic acids is 1. The predicted octanol–water partition coefficient (Wildman–Crippen LogP) is -0.0165. The maximum Gasteiger partial charge on any atom is 0.328 e. The van der Waals surface area contributed by atoms with Gasteiger partial charge in [-0.05, 0) is 24.3 Å². The number of aliphatic carboxylic acids is 1. The summed E-state index contributed by atoms with van der Waals surface area (Å²) in [7, 11) is 1.44. The summed E-state index contributed by atoms with van der Waals surface area (Å²) in [5, 5.41) is 28.7. The summed E-state index contributed by atoms with van der Waals surface area (Å²) >= 11 is 0. The van der Waals surface area contributed by atoms with Gasteiger partial charge in [-0.25, -0.2) is 9.59 Å². The van der Waals surface area contributed by atoms with Crippen molar-refractivity contribution in [1.29, 1.82) is 0 Å². The van der Waals surface area contributed by atoms with Gasteiger partial charge in [-0.2, -0.15) is 0 Å². The lowest BCUT2D eigenvalue weighted by Crippen LogP contribution is -2.48. The van der Waals surface area contributed by atoms with Crippen LogP contribution in [0.2, 0.25) is 0 Å². The van der Waals surface area contributed by atoms with Crippen LogP contribution in [-0.4, -0.2) is 47.0 Å². The molecule has 0 saturated heterocycles. The molecule has 0 spiro atoms. The maximum absolute atomic E-state index is 11.7. The van der Waals surface area contributed by atoms with E-state index in [4.69, 9.17) is 15.3 Å². The van der Waals surface area contributed by atoms with Crippen molar-refractivity contribution in [1.82, 2.24) is 5.32 Å². The zero-order valence-electron chi connectivity index (χ0n) is 9.70. The van der Waals surface area contributed by atoms with E-state index < -0.39 is 24.6 Å². The Morgan fingerprint density at radius 2 is 1.89 bits per heavy atom. The van der Waals surface area contributed by atoms with Gasteiger partial charge in [-0.3, -0.25) is 4.90 Å². The summed E-state index contributed by atoms with van der Waals surface area (Å²) in [4.78, 5) is 23.5. The van der Waals surface area contributed by atoms with Crippen molar-refractivity contribution < 1.29 is 24.9 Å². The average molecular weight is 254 g/mol. The molecule has 4 N–H and O–H groups in total. The first-order valence-electron chi connectivity index (χ1n) is 5.12. The van der Waals surface area contributed by atoms with E-state index in [1.165, 1.54) is 36.2 Å². The number of hydrogen-bond acceptors (Lipinski definition) is 4. The van der Waals surface area contributed by atoms with Gasteiger partial charge in [0.05, 0.1) is 6.61 Å². The van der Waals surface area contributed by atoms with Gasteiger partial charge in [0.2, 0.25) is 0 Å². The summed E-state index contributed by atoms with van der Waals surface area (Å²) in [6.45, 7) is -0.690. The van der Waals surface area contributed by atoms with Crippen LogP contribution < -0.4 is 10.2 Å². The van der Waals surface area contributed by atoms with Gasteiger partial charge < -0.3 is 20.6 Å². The van der Waals surface area contributed by atoms with Gasteiger partial charge in [-0.15, -0.1) is 0 Å². The molecule has 2 amide bonds. The Kier molecular flexibility index (Phi) is 4.50. The second kappa shape index (κ2) is 5.87. The van der Waals surface area contributed by atoms with E-state index in [0.29, 0.717) is 5.69 Å². The number of carboxylic acids is 1. The summed E-state index contributed by atoms with van der Waals surface area (Å²) < 4.78 is 0. The fourth-order valence-corrected chi connectivity index (χ4v) is 1.22. The molecule has 0 bridgehead atoms. The van der Waals surface area contributed by atoms with Crippen LogP contribution in [0.25, 0.3) is 0 Å². The van der Waals surface area contributed by atoms with E-state index in [1.807, 2.05) is 0 Å². The van der Waals surface area contributed by atoms with Gasteiger partial charge in [0.15, 0.2) is 6.04 Å². The number of benzene rings is 1. The lowest BCUT2D eigenvalue weighted by molar-refractivity contribution is -0.140. The number of carbonyl (C=O) groups is 2. The molecule has 1 aromatic carbocycles. The molecule has 0 radical (unpaired) electrons. The molecule has 98 valence electrons. The number of rotatable bonds is 4. The topological polar surface area (TPSA) is 110 Å². The maximum atomic E-state index is 11.7. The van der Waals surface area contributed by atoms with E-state index in [-0.39, 0.29) is 5.75 Å². The van der Waals surface area contributed by atoms with Crippen LogP contribution in [0.4, 0.5) is 10.5 Å². The SMILES string of the molecule is CN(C(=O)NC(CO)C(=O)O)c1ccc(O)cc1. The normalized spacial score (nSPS) is 11.7. The van der Waals surface area contributed by atoms with Crippen LogP contribution in [0.5, 0.6) is 5.75 Å². The largest absolute Gasteiger partial charge is 0.508 e. The molecule has 0 fully saturated rings. The minimum absolute atomic E-state index is 0.0614. The highest BCUT2D eigenvalue weighted by molar-refractivity contribution is 5.94. The van der Waals surface area contributed by atoms with Crippen LogP contribution >= 0.6 is 0 Å². The summed E-state index contributed by atoms with van der Waals surface area (Å²) in [6, 6.07) is 3.80. The monoisotopic (exact) mass is 254 g/mol. The van der Waals surface area contributed by atoms with E-state index >= 15 is 0 Å². The quantitative estimate of drug-likeness (QED) is 0.603. The molecule has 1 atom stereocenters. The third-order valence-corrected chi connectivity index (χ3v) is 2.32. The first kappa shape index (κ1) is 13.8. The number of urea groups is 1. The van der Waals surface area contributed by atoms with Gasteiger partial charge >= 0.3 is 12.0 Å². The van der Waals surface area contributed by atoms with Crippen LogP contribution in [-0.2, 0) is 4.79 Å². The van der Waals surface area contributed by atoms with E-state index in [2.05, 4.69) is 5.32 Å². The van der Waals surface area contributed by atoms with Crippen molar-refractivity contribution >= 4 is 17.7 Å². The Labute approximate surface area is 103 Å². The zero-order valence-corrected chi connectivity index (χ0v) is 9.70. The molecule has 0 saturated carbocycles. The number of aromatic hydroxyl groups is 1. The lowest BCUT2D eigenvalue weighted by Gasteiger charge is -2.20. The van der Waals surface area contributed by atoms with Crippen molar-refractivity contribution in [3.05, 3.63) is 24.3 Å². The zero-order chi connectivity index (χ0) is 13.7. The number of phenolic OH excluding ortho intramolecular Hbond substituents is 1. The highest BCUT2D eigenvalue weighted by Gasteiger charge is 2.21. The molecular weight excluding hydrogens is 240 g/mol. The predicted molar refractivity (Wildman–Crippen MR) is 63.6 cm³/mol. The smallest absolute Gasteiger partial charge is 0.328 e. The Balaban J connectivity index is 2.72. The molecule has 0 aliphatic rings.